The molecular formula is C39H60N2O2. The van der Waals surface area contributed by atoms with Crippen LogP contribution in [0, 0.1) is 44.8 Å². The third-order valence-corrected chi connectivity index (χ3v) is 14.6. The van der Waals surface area contributed by atoms with Gasteiger partial charge in [-0.15, -0.1) is 0 Å². The van der Waals surface area contributed by atoms with E-state index < -0.39 is 0 Å². The SMILES string of the molecule is CC1(C)CC[C@]2(C(=O)N[C@H](CO)Cc3ccccc3)CC[C@]3(C)C(=CC[C@@H]4[C@@]5(C)CCCNC(C)(C)[C@@H]5CC[C@]43C)[C@@H]2C1. The zero-order chi connectivity index (χ0) is 30.9. The molecule has 3 saturated carbocycles. The highest BCUT2D eigenvalue weighted by molar-refractivity contribution is 5.84. The molecule has 5 aliphatic rings. The van der Waals surface area contributed by atoms with Crippen molar-refractivity contribution in [3.63, 3.8) is 0 Å². The first kappa shape index (κ1) is 31.3. The van der Waals surface area contributed by atoms with Gasteiger partial charge in [-0.05, 0) is 136 Å². The van der Waals surface area contributed by atoms with Crippen LogP contribution in [0.25, 0.3) is 0 Å². The highest BCUT2D eigenvalue weighted by Crippen LogP contribution is 2.74. The minimum atomic E-state index is -0.372. The number of hydrogen-bond donors (Lipinski definition) is 3. The zero-order valence-electron chi connectivity index (χ0n) is 28.3. The van der Waals surface area contributed by atoms with Crippen molar-refractivity contribution in [2.75, 3.05) is 13.2 Å². The maximum absolute atomic E-state index is 14.6. The third kappa shape index (κ3) is 4.87. The van der Waals surface area contributed by atoms with E-state index in [1.807, 2.05) is 18.2 Å². The molecule has 1 aromatic carbocycles. The number of carbonyl (C=O) groups is 1. The average Bonchev–Trinajstić information content (AvgIpc) is 3.07. The molecule has 0 bridgehead atoms. The fraction of sp³-hybridized carbons (Fsp3) is 0.769. The number of fused-ring (bicyclic) bond motifs is 7. The predicted octanol–water partition coefficient (Wildman–Crippen LogP) is 7.85. The smallest absolute Gasteiger partial charge is 0.227 e. The number of benzene rings is 1. The van der Waals surface area contributed by atoms with Gasteiger partial charge in [0.2, 0.25) is 5.91 Å². The van der Waals surface area contributed by atoms with Crippen LogP contribution in [0.15, 0.2) is 42.0 Å². The molecule has 6 rings (SSSR count). The van der Waals surface area contributed by atoms with E-state index in [0.717, 1.165) is 50.6 Å². The second-order valence-corrected chi connectivity index (χ2v) is 17.7. The molecule has 0 radical (unpaired) electrons. The van der Waals surface area contributed by atoms with Gasteiger partial charge in [-0.1, -0.05) is 76.6 Å². The molecule has 8 atom stereocenters. The van der Waals surface area contributed by atoms with Crippen molar-refractivity contribution in [1.29, 1.82) is 0 Å². The van der Waals surface area contributed by atoms with Gasteiger partial charge in [0, 0.05) is 5.54 Å². The minimum absolute atomic E-state index is 0.0298. The average molecular weight is 589 g/mol. The topological polar surface area (TPSA) is 61.4 Å². The van der Waals surface area contributed by atoms with Crippen molar-refractivity contribution in [2.45, 2.75) is 131 Å². The lowest BCUT2D eigenvalue weighted by molar-refractivity contribution is -0.166. The summed E-state index contributed by atoms with van der Waals surface area (Å²) >= 11 is 0. The quantitative estimate of drug-likeness (QED) is 0.307. The molecule has 4 fully saturated rings. The summed E-state index contributed by atoms with van der Waals surface area (Å²) in [6.07, 6.45) is 14.9. The van der Waals surface area contributed by atoms with E-state index in [0.29, 0.717) is 23.7 Å². The maximum atomic E-state index is 14.6. The summed E-state index contributed by atoms with van der Waals surface area (Å²) in [5.41, 5.74) is 3.51. The van der Waals surface area contributed by atoms with Crippen molar-refractivity contribution in [3.8, 4) is 0 Å². The molecule has 238 valence electrons. The summed E-state index contributed by atoms with van der Waals surface area (Å²) in [5.74, 6) is 1.85. The van der Waals surface area contributed by atoms with Crippen LogP contribution in [-0.4, -0.2) is 35.7 Å². The van der Waals surface area contributed by atoms with E-state index in [2.05, 4.69) is 77.3 Å². The Morgan fingerprint density at radius 3 is 2.40 bits per heavy atom. The van der Waals surface area contributed by atoms with E-state index in [1.165, 1.54) is 25.7 Å². The lowest BCUT2D eigenvalue weighted by Gasteiger charge is -2.69. The second-order valence-electron chi connectivity index (χ2n) is 17.7. The first-order valence-corrected chi connectivity index (χ1v) is 17.6. The number of carbonyl (C=O) groups excluding carboxylic acids is 1. The summed E-state index contributed by atoms with van der Waals surface area (Å²) in [6, 6.07) is 10.0. The van der Waals surface area contributed by atoms with E-state index in [-0.39, 0.29) is 51.7 Å². The fourth-order valence-corrected chi connectivity index (χ4v) is 11.9. The molecule has 0 spiro atoms. The third-order valence-electron chi connectivity index (χ3n) is 14.6. The summed E-state index contributed by atoms with van der Waals surface area (Å²) in [7, 11) is 0. The van der Waals surface area contributed by atoms with Crippen LogP contribution < -0.4 is 10.6 Å². The molecule has 1 amide bonds. The molecular weight excluding hydrogens is 528 g/mol. The van der Waals surface area contributed by atoms with Gasteiger partial charge in [-0.25, -0.2) is 0 Å². The maximum Gasteiger partial charge on any atom is 0.227 e. The van der Waals surface area contributed by atoms with Gasteiger partial charge in [0.15, 0.2) is 0 Å². The molecule has 4 nitrogen and oxygen atoms in total. The van der Waals surface area contributed by atoms with Crippen molar-refractivity contribution >= 4 is 5.91 Å². The Kier molecular flexibility index (Phi) is 7.81. The van der Waals surface area contributed by atoms with Crippen molar-refractivity contribution in [3.05, 3.63) is 47.5 Å². The fourth-order valence-electron chi connectivity index (χ4n) is 11.9. The Labute approximate surface area is 262 Å². The van der Waals surface area contributed by atoms with Crippen LogP contribution in [0.3, 0.4) is 0 Å². The highest BCUT2D eigenvalue weighted by atomic mass is 16.3. The summed E-state index contributed by atoms with van der Waals surface area (Å²) in [4.78, 5) is 14.6. The Hall–Kier alpha value is -1.65. The lowest BCUT2D eigenvalue weighted by Crippen LogP contribution is -2.65. The van der Waals surface area contributed by atoms with Gasteiger partial charge in [0.05, 0.1) is 18.1 Å². The number of aliphatic hydroxyl groups excluding tert-OH is 1. The van der Waals surface area contributed by atoms with Gasteiger partial charge in [-0.2, -0.15) is 0 Å². The number of rotatable bonds is 5. The van der Waals surface area contributed by atoms with E-state index >= 15 is 0 Å². The Morgan fingerprint density at radius 2 is 1.67 bits per heavy atom. The number of allylic oxidation sites excluding steroid dienone is 2. The van der Waals surface area contributed by atoms with E-state index in [9.17, 15) is 9.90 Å². The molecule has 0 unspecified atom stereocenters. The zero-order valence-corrected chi connectivity index (χ0v) is 28.3. The monoisotopic (exact) mass is 588 g/mol. The van der Waals surface area contributed by atoms with Gasteiger partial charge in [-0.3, -0.25) is 4.79 Å². The van der Waals surface area contributed by atoms with Gasteiger partial charge < -0.3 is 15.7 Å². The van der Waals surface area contributed by atoms with Crippen molar-refractivity contribution < 1.29 is 9.90 Å². The largest absolute Gasteiger partial charge is 0.394 e. The van der Waals surface area contributed by atoms with Crippen LogP contribution in [0.4, 0.5) is 0 Å². The Balaban J connectivity index is 1.35. The van der Waals surface area contributed by atoms with Crippen LogP contribution in [0.5, 0.6) is 0 Å². The van der Waals surface area contributed by atoms with Crippen LogP contribution in [0.2, 0.25) is 0 Å². The van der Waals surface area contributed by atoms with Crippen LogP contribution >= 0.6 is 0 Å². The van der Waals surface area contributed by atoms with Crippen molar-refractivity contribution in [1.82, 2.24) is 10.6 Å². The minimum Gasteiger partial charge on any atom is -0.394 e. The van der Waals surface area contributed by atoms with Gasteiger partial charge in [0.1, 0.15) is 0 Å². The first-order valence-electron chi connectivity index (χ1n) is 17.6. The number of aliphatic hydroxyl groups is 1. The summed E-state index contributed by atoms with van der Waals surface area (Å²) < 4.78 is 0. The normalized spacial score (nSPS) is 42.1. The molecule has 3 N–H and O–H groups in total. The molecule has 4 aliphatic carbocycles. The number of amides is 1. The molecule has 1 heterocycles. The second kappa shape index (κ2) is 10.7. The molecule has 4 heteroatoms. The van der Waals surface area contributed by atoms with E-state index in [4.69, 9.17) is 0 Å². The molecule has 43 heavy (non-hydrogen) atoms. The number of nitrogens with one attached hydrogen (secondary N) is 2. The van der Waals surface area contributed by atoms with Crippen LogP contribution in [0.1, 0.15) is 118 Å². The molecule has 1 saturated heterocycles. The van der Waals surface area contributed by atoms with Crippen LogP contribution in [-0.2, 0) is 11.2 Å². The lowest BCUT2D eigenvalue weighted by atomic mass is 9.35. The van der Waals surface area contributed by atoms with Gasteiger partial charge >= 0.3 is 0 Å². The number of hydrogen-bond acceptors (Lipinski definition) is 3. The van der Waals surface area contributed by atoms with E-state index in [1.54, 1.807) is 5.57 Å². The first-order chi connectivity index (χ1) is 20.2. The standard InChI is InChI=1S/C39H60N2O2/c1-34(2)19-21-39(33(43)41-28(26-42)24-27-12-9-8-10-13-27)22-20-37(6)29(30(39)25-34)14-15-32-36(5)17-11-23-40-35(3,4)31(36)16-18-38(32,37)7/h8-10,12-14,28,30-32,40,42H,11,15-26H2,1-7H3,(H,41,43)/t28-,30-,31-,32+,36-,37+,38+,39-/m0/s1. The summed E-state index contributed by atoms with van der Waals surface area (Å²) in [5, 5.41) is 17.7. The molecule has 0 aromatic heterocycles. The summed E-state index contributed by atoms with van der Waals surface area (Å²) in [6.45, 7) is 18.8. The molecule has 1 aromatic rings. The van der Waals surface area contributed by atoms with Gasteiger partial charge in [0.25, 0.3) is 0 Å². The highest BCUT2D eigenvalue weighted by Gasteiger charge is 2.68. The van der Waals surface area contributed by atoms with Crippen molar-refractivity contribution in [2.24, 2.45) is 44.8 Å². The predicted molar refractivity (Wildman–Crippen MR) is 177 cm³/mol. The Bertz CT molecular complexity index is 1240. The Morgan fingerprint density at radius 1 is 0.953 bits per heavy atom. The molecule has 1 aliphatic heterocycles.